The number of hydroxylamine groups is 2. The molecule has 10 nitrogen and oxygen atoms in total. The van der Waals surface area contributed by atoms with Gasteiger partial charge < -0.3 is 14.3 Å². The molecule has 212 valence electrons. The topological polar surface area (TPSA) is 124 Å². The van der Waals surface area contributed by atoms with Crippen molar-refractivity contribution >= 4 is 35.1 Å². The monoisotopic (exact) mass is 549 g/mol. The van der Waals surface area contributed by atoms with E-state index in [4.69, 9.17) is 14.3 Å². The fourth-order valence-electron chi connectivity index (χ4n) is 3.87. The second-order valence-corrected chi connectivity index (χ2v) is 9.25. The van der Waals surface area contributed by atoms with Crippen molar-refractivity contribution in [2.75, 3.05) is 13.2 Å². The molecule has 0 saturated carbocycles. The molecule has 1 fully saturated rings. The first-order valence-corrected chi connectivity index (χ1v) is 13.6. The number of hydrogen-bond acceptors (Lipinski definition) is 9. The molecule has 0 aliphatic carbocycles. The molecule has 0 unspecified atom stereocenters. The lowest BCUT2D eigenvalue weighted by Crippen LogP contribution is -2.32. The van der Waals surface area contributed by atoms with Crippen LogP contribution in [-0.2, 0) is 24.0 Å². The van der Waals surface area contributed by atoms with E-state index in [0.717, 1.165) is 37.9 Å². The molecule has 2 aromatic carbocycles. The highest BCUT2D eigenvalue weighted by Gasteiger charge is 2.33. The molecule has 3 rings (SSSR count). The van der Waals surface area contributed by atoms with Crippen molar-refractivity contribution in [3.63, 3.8) is 0 Å². The van der Waals surface area contributed by atoms with Crippen molar-refractivity contribution < 1.29 is 33.5 Å². The van der Waals surface area contributed by atoms with Gasteiger partial charge in [-0.25, -0.2) is 9.59 Å². The van der Waals surface area contributed by atoms with Crippen LogP contribution >= 0.6 is 0 Å². The SMILES string of the molecule is C=CC(=O)OCCCCCCCCCCOc1ccc(N=Nc2ccc(C(=O)ON3C(=O)CCC3=O)cc2)cc1. The van der Waals surface area contributed by atoms with Gasteiger partial charge in [-0.2, -0.15) is 10.2 Å². The van der Waals surface area contributed by atoms with Gasteiger partial charge in [-0.05, 0) is 61.4 Å². The van der Waals surface area contributed by atoms with Crippen LogP contribution in [0.25, 0.3) is 0 Å². The van der Waals surface area contributed by atoms with Crippen molar-refractivity contribution in [3.05, 3.63) is 66.7 Å². The summed E-state index contributed by atoms with van der Waals surface area (Å²) in [6, 6.07) is 13.5. The van der Waals surface area contributed by atoms with Gasteiger partial charge in [-0.3, -0.25) is 9.59 Å². The van der Waals surface area contributed by atoms with Gasteiger partial charge in [0.2, 0.25) is 0 Å². The minimum atomic E-state index is -0.792. The normalized spacial score (nSPS) is 13.1. The molecule has 0 N–H and O–H groups in total. The average molecular weight is 550 g/mol. The fourth-order valence-corrected chi connectivity index (χ4v) is 3.87. The van der Waals surface area contributed by atoms with E-state index in [-0.39, 0.29) is 24.4 Å². The highest BCUT2D eigenvalue weighted by Crippen LogP contribution is 2.22. The quantitative estimate of drug-likeness (QED) is 0.0720. The van der Waals surface area contributed by atoms with Crippen molar-refractivity contribution in [1.82, 2.24) is 5.06 Å². The predicted molar refractivity (Wildman–Crippen MR) is 147 cm³/mol. The van der Waals surface area contributed by atoms with E-state index in [0.29, 0.717) is 29.7 Å². The molecule has 0 spiro atoms. The number of benzene rings is 2. The molecule has 1 aliphatic rings. The summed E-state index contributed by atoms with van der Waals surface area (Å²) in [7, 11) is 0. The van der Waals surface area contributed by atoms with Gasteiger partial charge in [0, 0.05) is 18.9 Å². The van der Waals surface area contributed by atoms with Crippen LogP contribution in [0.2, 0.25) is 0 Å². The summed E-state index contributed by atoms with van der Waals surface area (Å²) in [6.07, 6.45) is 10.1. The molecule has 0 bridgehead atoms. The zero-order valence-electron chi connectivity index (χ0n) is 22.6. The number of nitrogens with zero attached hydrogens (tertiary/aromatic N) is 3. The Morgan fingerprint density at radius 2 is 1.25 bits per heavy atom. The van der Waals surface area contributed by atoms with Crippen LogP contribution in [0.4, 0.5) is 11.4 Å². The summed E-state index contributed by atoms with van der Waals surface area (Å²) >= 11 is 0. The highest BCUT2D eigenvalue weighted by atomic mass is 16.7. The Morgan fingerprint density at radius 1 is 0.750 bits per heavy atom. The third kappa shape index (κ3) is 10.4. The number of amides is 2. The molecular weight excluding hydrogens is 514 g/mol. The second kappa shape index (κ2) is 16.6. The van der Waals surface area contributed by atoms with E-state index >= 15 is 0 Å². The fraction of sp³-hybridized carbons (Fsp3) is 0.400. The molecule has 0 radical (unpaired) electrons. The van der Waals surface area contributed by atoms with Crippen LogP contribution in [-0.4, -0.2) is 42.0 Å². The number of imide groups is 1. The maximum Gasteiger partial charge on any atom is 0.363 e. The zero-order valence-corrected chi connectivity index (χ0v) is 22.6. The van der Waals surface area contributed by atoms with Gasteiger partial charge in [0.25, 0.3) is 11.8 Å². The Bertz CT molecular complexity index is 1160. The molecule has 0 aromatic heterocycles. The summed E-state index contributed by atoms with van der Waals surface area (Å²) in [4.78, 5) is 51.2. The predicted octanol–water partition coefficient (Wildman–Crippen LogP) is 6.55. The van der Waals surface area contributed by atoms with Crippen LogP contribution in [0.5, 0.6) is 5.75 Å². The number of rotatable bonds is 17. The van der Waals surface area contributed by atoms with Gasteiger partial charge in [-0.15, -0.1) is 5.06 Å². The summed E-state index contributed by atoms with van der Waals surface area (Å²) in [5, 5.41) is 8.88. The minimum absolute atomic E-state index is 0.0423. The van der Waals surface area contributed by atoms with E-state index in [2.05, 4.69) is 16.8 Å². The smallest absolute Gasteiger partial charge is 0.363 e. The molecule has 1 heterocycles. The third-order valence-electron chi connectivity index (χ3n) is 6.12. The number of unbranched alkanes of at least 4 members (excludes halogenated alkanes) is 7. The molecule has 1 saturated heterocycles. The Kier molecular flexibility index (Phi) is 12.5. The van der Waals surface area contributed by atoms with Gasteiger partial charge in [0.15, 0.2) is 0 Å². The maximum absolute atomic E-state index is 12.2. The van der Waals surface area contributed by atoms with Crippen LogP contribution in [0.15, 0.2) is 71.4 Å². The molecule has 2 aromatic rings. The Balaban J connectivity index is 1.27. The highest BCUT2D eigenvalue weighted by molar-refractivity contribution is 6.02. The molecular formula is C30H35N3O7. The number of esters is 1. The largest absolute Gasteiger partial charge is 0.494 e. The minimum Gasteiger partial charge on any atom is -0.494 e. The number of azo groups is 1. The Labute approximate surface area is 234 Å². The summed E-state index contributed by atoms with van der Waals surface area (Å²) in [5.41, 5.74) is 1.37. The third-order valence-corrected chi connectivity index (χ3v) is 6.12. The Hall–Kier alpha value is -4.34. The van der Waals surface area contributed by atoms with Crippen LogP contribution in [0, 0.1) is 0 Å². The van der Waals surface area contributed by atoms with Gasteiger partial charge in [0.05, 0.1) is 30.2 Å². The molecule has 1 aliphatic heterocycles. The average Bonchev–Trinajstić information content (AvgIpc) is 3.29. The summed E-state index contributed by atoms with van der Waals surface area (Å²) in [5.74, 6) is -1.43. The first kappa shape index (κ1) is 30.2. The van der Waals surface area contributed by atoms with E-state index in [1.54, 1.807) is 12.1 Å². The maximum atomic E-state index is 12.2. The number of ether oxygens (including phenoxy) is 2. The van der Waals surface area contributed by atoms with Crippen molar-refractivity contribution in [2.24, 2.45) is 10.2 Å². The lowest BCUT2D eigenvalue weighted by atomic mass is 10.1. The van der Waals surface area contributed by atoms with E-state index in [9.17, 15) is 19.2 Å². The number of hydrogen-bond donors (Lipinski definition) is 0. The van der Waals surface area contributed by atoms with Gasteiger partial charge >= 0.3 is 11.9 Å². The van der Waals surface area contributed by atoms with Gasteiger partial charge in [0.1, 0.15) is 5.75 Å². The van der Waals surface area contributed by atoms with E-state index in [1.165, 1.54) is 37.5 Å². The summed E-state index contributed by atoms with van der Waals surface area (Å²) < 4.78 is 10.8. The standard InChI is InChI=1S/C30H35N3O7/c1-2-29(36)39-22-10-8-6-4-3-5-7-9-21-38-26-17-15-25(16-18-26)32-31-24-13-11-23(12-14-24)30(37)40-33-27(34)19-20-28(33)35/h2,11-18H,1,3-10,19-22H2. The number of carbonyl (C=O) groups excluding carboxylic acids is 4. The second-order valence-electron chi connectivity index (χ2n) is 9.25. The lowest BCUT2D eigenvalue weighted by Gasteiger charge is -2.12. The van der Waals surface area contributed by atoms with Crippen molar-refractivity contribution in [3.8, 4) is 5.75 Å². The van der Waals surface area contributed by atoms with Crippen LogP contribution in [0.1, 0.15) is 74.6 Å². The lowest BCUT2D eigenvalue weighted by molar-refractivity contribution is -0.172. The molecule has 40 heavy (non-hydrogen) atoms. The zero-order chi connectivity index (χ0) is 28.6. The number of carbonyl (C=O) groups is 4. The Morgan fingerprint density at radius 3 is 1.80 bits per heavy atom. The van der Waals surface area contributed by atoms with Crippen LogP contribution < -0.4 is 4.74 Å². The molecule has 10 heteroatoms. The van der Waals surface area contributed by atoms with Crippen LogP contribution in [0.3, 0.4) is 0 Å². The first-order valence-electron chi connectivity index (χ1n) is 13.6. The molecule has 2 amide bonds. The van der Waals surface area contributed by atoms with E-state index in [1.807, 2.05) is 24.3 Å². The van der Waals surface area contributed by atoms with Crippen molar-refractivity contribution in [1.29, 1.82) is 0 Å². The summed E-state index contributed by atoms with van der Waals surface area (Å²) in [6.45, 7) is 4.50. The van der Waals surface area contributed by atoms with Crippen molar-refractivity contribution in [2.45, 2.75) is 64.2 Å². The van der Waals surface area contributed by atoms with E-state index < -0.39 is 17.8 Å². The van der Waals surface area contributed by atoms with Gasteiger partial charge in [-0.1, -0.05) is 45.1 Å². The molecule has 0 atom stereocenters. The first-order chi connectivity index (χ1) is 19.5.